The van der Waals surface area contributed by atoms with Gasteiger partial charge in [-0.15, -0.1) is 0 Å². The number of hydrogen-bond donors (Lipinski definition) is 1. The van der Waals surface area contributed by atoms with Crippen molar-refractivity contribution in [2.45, 2.75) is 26.8 Å². The average Bonchev–Trinajstić information content (AvgIpc) is 2.48. The van der Waals surface area contributed by atoms with Crippen LogP contribution in [0.4, 0.5) is 5.82 Å². The van der Waals surface area contributed by atoms with Crippen LogP contribution in [-0.2, 0) is 6.54 Å². The Bertz CT molecular complexity index is 372. The van der Waals surface area contributed by atoms with E-state index < -0.39 is 0 Å². The van der Waals surface area contributed by atoms with E-state index in [1.165, 1.54) is 17.8 Å². The van der Waals surface area contributed by atoms with Gasteiger partial charge >= 0.3 is 0 Å². The molecule has 1 aromatic rings. The number of piperazine rings is 1. The highest BCUT2D eigenvalue weighted by Gasteiger charge is 2.18. The van der Waals surface area contributed by atoms with Crippen molar-refractivity contribution in [3.05, 3.63) is 23.9 Å². The molecule has 0 amide bonds. The number of nitrogens with one attached hydrogen (secondary N) is 1. The lowest BCUT2D eigenvalue weighted by molar-refractivity contribution is 0.270. The third kappa shape index (κ3) is 3.91. The van der Waals surface area contributed by atoms with Gasteiger partial charge < -0.3 is 15.1 Å². The fourth-order valence-corrected chi connectivity index (χ4v) is 2.53. The molecule has 0 atom stereocenters. The summed E-state index contributed by atoms with van der Waals surface area (Å²) in [5.41, 5.74) is 1.32. The number of pyridine rings is 1. The zero-order valence-electron chi connectivity index (χ0n) is 12.2. The number of anilines is 1. The van der Waals surface area contributed by atoms with Gasteiger partial charge in [0.2, 0.25) is 0 Å². The van der Waals surface area contributed by atoms with Crippen molar-refractivity contribution in [1.29, 1.82) is 0 Å². The molecule has 19 heavy (non-hydrogen) atoms. The van der Waals surface area contributed by atoms with Crippen molar-refractivity contribution in [2.75, 3.05) is 44.2 Å². The van der Waals surface area contributed by atoms with Crippen LogP contribution in [0.25, 0.3) is 0 Å². The SMILES string of the molecule is CCCNCc1cccnc1N1CCN(CC)CC1. The van der Waals surface area contributed by atoms with Gasteiger partial charge in [0.25, 0.3) is 0 Å². The molecule has 2 heterocycles. The normalized spacial score (nSPS) is 16.8. The smallest absolute Gasteiger partial charge is 0.133 e. The van der Waals surface area contributed by atoms with E-state index in [0.717, 1.165) is 45.8 Å². The van der Waals surface area contributed by atoms with E-state index in [2.05, 4.69) is 40.0 Å². The molecule has 2 rings (SSSR count). The molecule has 1 saturated heterocycles. The topological polar surface area (TPSA) is 31.4 Å². The van der Waals surface area contributed by atoms with Crippen LogP contribution in [-0.4, -0.2) is 49.2 Å². The molecule has 106 valence electrons. The molecule has 4 heteroatoms. The molecule has 0 aromatic carbocycles. The molecule has 1 aromatic heterocycles. The minimum atomic E-state index is 0.922. The van der Waals surface area contributed by atoms with E-state index in [1.807, 2.05) is 12.3 Å². The first-order valence-corrected chi connectivity index (χ1v) is 7.47. The number of hydrogen-bond acceptors (Lipinski definition) is 4. The second-order valence-electron chi connectivity index (χ2n) is 5.08. The van der Waals surface area contributed by atoms with Gasteiger partial charge in [0.15, 0.2) is 0 Å². The molecule has 1 aliphatic rings. The predicted molar refractivity (Wildman–Crippen MR) is 80.6 cm³/mol. The lowest BCUT2D eigenvalue weighted by atomic mass is 10.2. The second kappa shape index (κ2) is 7.46. The van der Waals surface area contributed by atoms with Crippen LogP contribution in [0.15, 0.2) is 18.3 Å². The quantitative estimate of drug-likeness (QED) is 0.791. The number of aromatic nitrogens is 1. The molecule has 1 fully saturated rings. The Kier molecular flexibility index (Phi) is 5.61. The third-order valence-electron chi connectivity index (χ3n) is 3.73. The largest absolute Gasteiger partial charge is 0.354 e. The Morgan fingerprint density at radius 2 is 2.00 bits per heavy atom. The number of likely N-dealkylation sites (N-methyl/N-ethyl adjacent to an activating group) is 1. The van der Waals surface area contributed by atoms with Crippen molar-refractivity contribution < 1.29 is 0 Å². The van der Waals surface area contributed by atoms with Crippen LogP contribution in [0.3, 0.4) is 0 Å². The molecule has 1 N–H and O–H groups in total. The van der Waals surface area contributed by atoms with Crippen molar-refractivity contribution in [1.82, 2.24) is 15.2 Å². The van der Waals surface area contributed by atoms with Gasteiger partial charge in [-0.2, -0.15) is 0 Å². The number of nitrogens with zero attached hydrogens (tertiary/aromatic N) is 3. The van der Waals surface area contributed by atoms with E-state index in [-0.39, 0.29) is 0 Å². The summed E-state index contributed by atoms with van der Waals surface area (Å²) in [5.74, 6) is 1.17. The van der Waals surface area contributed by atoms with Crippen molar-refractivity contribution >= 4 is 5.82 Å². The van der Waals surface area contributed by atoms with E-state index in [0.29, 0.717) is 0 Å². The van der Waals surface area contributed by atoms with E-state index >= 15 is 0 Å². The lowest BCUT2D eigenvalue weighted by Crippen LogP contribution is -2.46. The van der Waals surface area contributed by atoms with Crippen molar-refractivity contribution in [2.24, 2.45) is 0 Å². The standard InChI is InChI=1S/C15H26N4/c1-3-7-16-13-14-6-5-8-17-15(14)19-11-9-18(4-2)10-12-19/h5-6,8,16H,3-4,7,9-13H2,1-2H3. The maximum atomic E-state index is 4.60. The molecule has 0 unspecified atom stereocenters. The minimum Gasteiger partial charge on any atom is -0.354 e. The van der Waals surface area contributed by atoms with Gasteiger partial charge in [-0.05, 0) is 25.6 Å². The molecule has 4 nitrogen and oxygen atoms in total. The van der Waals surface area contributed by atoms with Crippen molar-refractivity contribution in [3.63, 3.8) is 0 Å². The van der Waals surface area contributed by atoms with Gasteiger partial charge in [-0.3, -0.25) is 0 Å². The third-order valence-corrected chi connectivity index (χ3v) is 3.73. The molecule has 1 aliphatic heterocycles. The Labute approximate surface area is 116 Å². The first-order valence-electron chi connectivity index (χ1n) is 7.47. The average molecular weight is 262 g/mol. The summed E-state index contributed by atoms with van der Waals surface area (Å²) in [5, 5.41) is 3.47. The Hall–Kier alpha value is -1.13. The molecule has 0 aliphatic carbocycles. The number of rotatable bonds is 6. The molecule has 0 radical (unpaired) electrons. The summed E-state index contributed by atoms with van der Waals surface area (Å²) < 4.78 is 0. The first-order chi connectivity index (χ1) is 9.35. The summed E-state index contributed by atoms with van der Waals surface area (Å²) in [4.78, 5) is 9.52. The van der Waals surface area contributed by atoms with E-state index in [1.54, 1.807) is 0 Å². The van der Waals surface area contributed by atoms with Crippen LogP contribution >= 0.6 is 0 Å². The Morgan fingerprint density at radius 3 is 2.68 bits per heavy atom. The molecule has 0 spiro atoms. The Morgan fingerprint density at radius 1 is 1.21 bits per heavy atom. The minimum absolute atomic E-state index is 0.922. The van der Waals surface area contributed by atoms with Gasteiger partial charge in [0.05, 0.1) is 0 Å². The molecular weight excluding hydrogens is 236 g/mol. The van der Waals surface area contributed by atoms with Gasteiger partial charge in [-0.1, -0.05) is 19.9 Å². The van der Waals surface area contributed by atoms with Crippen LogP contribution in [0, 0.1) is 0 Å². The molecule has 0 bridgehead atoms. The van der Waals surface area contributed by atoms with Crippen LogP contribution in [0.5, 0.6) is 0 Å². The summed E-state index contributed by atoms with van der Waals surface area (Å²) in [6.07, 6.45) is 3.08. The Balaban J connectivity index is 1.99. The fraction of sp³-hybridized carbons (Fsp3) is 0.667. The zero-order valence-corrected chi connectivity index (χ0v) is 12.2. The maximum absolute atomic E-state index is 4.60. The fourth-order valence-electron chi connectivity index (χ4n) is 2.53. The van der Waals surface area contributed by atoms with Crippen LogP contribution in [0.2, 0.25) is 0 Å². The maximum Gasteiger partial charge on any atom is 0.133 e. The highest BCUT2D eigenvalue weighted by atomic mass is 15.3. The second-order valence-corrected chi connectivity index (χ2v) is 5.08. The van der Waals surface area contributed by atoms with Gasteiger partial charge in [0, 0.05) is 44.5 Å². The first kappa shape index (κ1) is 14.3. The zero-order chi connectivity index (χ0) is 13.5. The predicted octanol–water partition coefficient (Wildman–Crippen LogP) is 1.72. The van der Waals surface area contributed by atoms with Crippen LogP contribution in [0.1, 0.15) is 25.8 Å². The summed E-state index contributed by atoms with van der Waals surface area (Å²) in [7, 11) is 0. The molecular formula is C15H26N4. The highest BCUT2D eigenvalue weighted by molar-refractivity contribution is 5.47. The van der Waals surface area contributed by atoms with E-state index in [4.69, 9.17) is 0 Å². The highest BCUT2D eigenvalue weighted by Crippen LogP contribution is 2.18. The lowest BCUT2D eigenvalue weighted by Gasteiger charge is -2.35. The van der Waals surface area contributed by atoms with E-state index in [9.17, 15) is 0 Å². The van der Waals surface area contributed by atoms with Gasteiger partial charge in [0.1, 0.15) is 5.82 Å². The summed E-state index contributed by atoms with van der Waals surface area (Å²) in [6.45, 7) is 12.0. The summed E-state index contributed by atoms with van der Waals surface area (Å²) in [6, 6.07) is 4.23. The van der Waals surface area contributed by atoms with Gasteiger partial charge in [-0.25, -0.2) is 4.98 Å². The summed E-state index contributed by atoms with van der Waals surface area (Å²) >= 11 is 0. The van der Waals surface area contributed by atoms with Crippen molar-refractivity contribution in [3.8, 4) is 0 Å². The monoisotopic (exact) mass is 262 g/mol. The van der Waals surface area contributed by atoms with Crippen LogP contribution < -0.4 is 10.2 Å². The molecule has 0 saturated carbocycles.